The number of benzene rings is 1. The molecule has 0 fully saturated rings. The standard InChI is InChI=1S/C14H11N3OS2/c1-9-7-8-19-11(9)13(18)16-14-15-12(17-20-14)10-5-3-2-4-6-10/h2-8H,1H3,(H,15,16,17,18). The number of carbonyl (C=O) groups is 1. The van der Waals surface area contributed by atoms with Gasteiger partial charge in [0.05, 0.1) is 4.88 Å². The minimum atomic E-state index is -0.131. The zero-order chi connectivity index (χ0) is 13.9. The molecule has 100 valence electrons. The highest BCUT2D eigenvalue weighted by atomic mass is 32.1. The van der Waals surface area contributed by atoms with Crippen LogP contribution >= 0.6 is 22.9 Å². The number of nitrogens with zero attached hydrogens (tertiary/aromatic N) is 2. The lowest BCUT2D eigenvalue weighted by molar-refractivity contribution is 0.103. The van der Waals surface area contributed by atoms with E-state index in [4.69, 9.17) is 0 Å². The van der Waals surface area contributed by atoms with Crippen LogP contribution in [0.1, 0.15) is 15.2 Å². The molecule has 1 aromatic carbocycles. The first-order valence-electron chi connectivity index (χ1n) is 5.98. The SMILES string of the molecule is Cc1ccsc1C(=O)Nc1nc(-c2ccccc2)ns1. The van der Waals surface area contributed by atoms with E-state index in [0.29, 0.717) is 15.8 Å². The van der Waals surface area contributed by atoms with Gasteiger partial charge in [-0.2, -0.15) is 9.36 Å². The lowest BCUT2D eigenvalue weighted by Crippen LogP contribution is -2.10. The quantitative estimate of drug-likeness (QED) is 0.800. The number of carbonyl (C=O) groups excluding carboxylic acids is 1. The zero-order valence-electron chi connectivity index (χ0n) is 10.7. The summed E-state index contributed by atoms with van der Waals surface area (Å²) in [4.78, 5) is 17.1. The summed E-state index contributed by atoms with van der Waals surface area (Å²) < 4.78 is 4.26. The molecule has 0 radical (unpaired) electrons. The van der Waals surface area contributed by atoms with Gasteiger partial charge in [0.25, 0.3) is 5.91 Å². The molecule has 0 unspecified atom stereocenters. The highest BCUT2D eigenvalue weighted by Crippen LogP contribution is 2.22. The van der Waals surface area contributed by atoms with Crippen molar-refractivity contribution in [1.29, 1.82) is 0 Å². The van der Waals surface area contributed by atoms with Crippen LogP contribution in [0.4, 0.5) is 5.13 Å². The normalized spacial score (nSPS) is 10.4. The van der Waals surface area contributed by atoms with Gasteiger partial charge in [-0.15, -0.1) is 11.3 Å². The molecule has 0 aliphatic rings. The number of amides is 1. The van der Waals surface area contributed by atoms with Crippen LogP contribution in [0.3, 0.4) is 0 Å². The van der Waals surface area contributed by atoms with Crippen molar-refractivity contribution in [3.05, 3.63) is 52.2 Å². The van der Waals surface area contributed by atoms with Crippen LogP contribution in [0.5, 0.6) is 0 Å². The summed E-state index contributed by atoms with van der Waals surface area (Å²) in [5.41, 5.74) is 1.91. The summed E-state index contributed by atoms with van der Waals surface area (Å²) in [5.74, 6) is 0.502. The molecule has 6 heteroatoms. The molecule has 3 rings (SSSR count). The lowest BCUT2D eigenvalue weighted by Gasteiger charge is -1.99. The molecule has 2 heterocycles. The average molecular weight is 301 g/mol. The fourth-order valence-corrected chi connectivity index (χ4v) is 3.14. The molecule has 0 atom stereocenters. The Morgan fingerprint density at radius 3 is 2.70 bits per heavy atom. The van der Waals surface area contributed by atoms with Crippen LogP contribution in [0.2, 0.25) is 0 Å². The first-order valence-corrected chi connectivity index (χ1v) is 7.64. The van der Waals surface area contributed by atoms with Gasteiger partial charge in [-0.05, 0) is 23.9 Å². The largest absolute Gasteiger partial charge is 0.296 e. The maximum absolute atomic E-state index is 12.1. The van der Waals surface area contributed by atoms with Crippen LogP contribution in [0, 0.1) is 6.92 Å². The third-order valence-corrected chi connectivity index (χ3v) is 4.39. The van der Waals surface area contributed by atoms with Gasteiger partial charge in [0.1, 0.15) is 0 Å². The molecule has 0 saturated heterocycles. The number of anilines is 1. The summed E-state index contributed by atoms with van der Waals surface area (Å²) in [6, 6.07) is 11.6. The monoisotopic (exact) mass is 301 g/mol. The second-order valence-corrected chi connectivity index (χ2v) is 5.84. The van der Waals surface area contributed by atoms with Gasteiger partial charge in [0.15, 0.2) is 5.82 Å². The van der Waals surface area contributed by atoms with Crippen LogP contribution in [0.25, 0.3) is 11.4 Å². The third kappa shape index (κ3) is 2.61. The Balaban J connectivity index is 1.78. The summed E-state index contributed by atoms with van der Waals surface area (Å²) in [6.45, 7) is 1.92. The van der Waals surface area contributed by atoms with Gasteiger partial charge in [0.2, 0.25) is 5.13 Å². The van der Waals surface area contributed by atoms with Crippen LogP contribution < -0.4 is 5.32 Å². The van der Waals surface area contributed by atoms with E-state index in [1.165, 1.54) is 22.9 Å². The topological polar surface area (TPSA) is 54.9 Å². The number of hydrogen-bond acceptors (Lipinski definition) is 5. The van der Waals surface area contributed by atoms with Crippen LogP contribution in [-0.4, -0.2) is 15.3 Å². The second-order valence-electron chi connectivity index (χ2n) is 4.18. The number of aryl methyl sites for hydroxylation is 1. The van der Waals surface area contributed by atoms with Crippen LogP contribution in [-0.2, 0) is 0 Å². The molecular weight excluding hydrogens is 290 g/mol. The van der Waals surface area contributed by atoms with E-state index in [1.54, 1.807) is 0 Å². The molecular formula is C14H11N3OS2. The fraction of sp³-hybridized carbons (Fsp3) is 0.0714. The number of aromatic nitrogens is 2. The van der Waals surface area contributed by atoms with E-state index in [1.807, 2.05) is 48.7 Å². The predicted molar refractivity (Wildman–Crippen MR) is 82.4 cm³/mol. The van der Waals surface area contributed by atoms with Crippen molar-refractivity contribution in [2.24, 2.45) is 0 Å². The highest BCUT2D eigenvalue weighted by Gasteiger charge is 2.13. The maximum Gasteiger partial charge on any atom is 0.267 e. The van der Waals surface area contributed by atoms with Gasteiger partial charge < -0.3 is 0 Å². The van der Waals surface area contributed by atoms with Gasteiger partial charge in [0, 0.05) is 17.1 Å². The number of thiophene rings is 1. The molecule has 0 bridgehead atoms. The molecule has 2 aromatic heterocycles. The number of nitrogens with one attached hydrogen (secondary N) is 1. The minimum absolute atomic E-state index is 0.131. The zero-order valence-corrected chi connectivity index (χ0v) is 12.3. The fourth-order valence-electron chi connectivity index (χ4n) is 1.74. The molecule has 1 amide bonds. The van der Waals surface area contributed by atoms with Crippen molar-refractivity contribution in [3.8, 4) is 11.4 Å². The smallest absolute Gasteiger partial charge is 0.267 e. The van der Waals surface area contributed by atoms with Crippen molar-refractivity contribution in [3.63, 3.8) is 0 Å². The molecule has 0 aliphatic carbocycles. The van der Waals surface area contributed by atoms with Gasteiger partial charge in [-0.1, -0.05) is 30.3 Å². The molecule has 4 nitrogen and oxygen atoms in total. The van der Waals surface area contributed by atoms with E-state index in [9.17, 15) is 4.79 Å². The Morgan fingerprint density at radius 2 is 2.00 bits per heavy atom. The van der Waals surface area contributed by atoms with E-state index in [2.05, 4.69) is 14.7 Å². The average Bonchev–Trinajstić information content (AvgIpc) is 3.09. The Hall–Kier alpha value is -2.05. The Morgan fingerprint density at radius 1 is 1.20 bits per heavy atom. The number of hydrogen-bond donors (Lipinski definition) is 1. The first-order chi connectivity index (χ1) is 9.74. The summed E-state index contributed by atoms with van der Waals surface area (Å²) >= 11 is 2.61. The summed E-state index contributed by atoms with van der Waals surface area (Å²) in [6.07, 6.45) is 0. The van der Waals surface area contributed by atoms with E-state index in [-0.39, 0.29) is 5.91 Å². The van der Waals surface area contributed by atoms with Crippen molar-refractivity contribution < 1.29 is 4.79 Å². The van der Waals surface area contributed by atoms with E-state index in [0.717, 1.165) is 11.1 Å². The first kappa shape index (κ1) is 13.0. The minimum Gasteiger partial charge on any atom is -0.296 e. The summed E-state index contributed by atoms with van der Waals surface area (Å²) in [7, 11) is 0. The van der Waals surface area contributed by atoms with E-state index >= 15 is 0 Å². The van der Waals surface area contributed by atoms with Crippen molar-refractivity contribution in [1.82, 2.24) is 9.36 Å². The number of rotatable bonds is 3. The molecule has 3 aromatic rings. The van der Waals surface area contributed by atoms with Crippen LogP contribution in [0.15, 0.2) is 41.8 Å². The third-order valence-electron chi connectivity index (χ3n) is 2.75. The highest BCUT2D eigenvalue weighted by molar-refractivity contribution is 7.13. The maximum atomic E-state index is 12.1. The summed E-state index contributed by atoms with van der Waals surface area (Å²) in [5, 5.41) is 5.21. The Kier molecular flexibility index (Phi) is 3.58. The van der Waals surface area contributed by atoms with Crippen molar-refractivity contribution in [2.75, 3.05) is 5.32 Å². The Bertz CT molecular complexity index is 734. The van der Waals surface area contributed by atoms with Crippen molar-refractivity contribution >= 4 is 33.9 Å². The molecule has 20 heavy (non-hydrogen) atoms. The van der Waals surface area contributed by atoms with Gasteiger partial charge in [-0.3, -0.25) is 10.1 Å². The van der Waals surface area contributed by atoms with Crippen molar-refractivity contribution in [2.45, 2.75) is 6.92 Å². The Labute approximate surface area is 124 Å². The second kappa shape index (κ2) is 5.52. The molecule has 0 saturated carbocycles. The molecule has 0 aliphatic heterocycles. The lowest BCUT2D eigenvalue weighted by atomic mass is 10.2. The molecule has 1 N–H and O–H groups in total. The van der Waals surface area contributed by atoms with Gasteiger partial charge in [-0.25, -0.2) is 0 Å². The van der Waals surface area contributed by atoms with Gasteiger partial charge >= 0.3 is 0 Å². The predicted octanol–water partition coefficient (Wildman–Crippen LogP) is 3.83. The van der Waals surface area contributed by atoms with E-state index < -0.39 is 0 Å². The molecule has 0 spiro atoms.